The van der Waals surface area contributed by atoms with Gasteiger partial charge < -0.3 is 14.0 Å². The van der Waals surface area contributed by atoms with Crippen LogP contribution < -0.4 is 9.47 Å². The highest BCUT2D eigenvalue weighted by Gasteiger charge is 2.37. The molecule has 2 fully saturated rings. The molecule has 1 atom stereocenters. The third-order valence-corrected chi connectivity index (χ3v) is 5.92. The summed E-state index contributed by atoms with van der Waals surface area (Å²) in [5, 5.41) is 9.44. The molecule has 2 saturated carbocycles. The lowest BCUT2D eigenvalue weighted by Gasteiger charge is -2.14. The van der Waals surface area contributed by atoms with E-state index in [1.165, 1.54) is 37.4 Å². The standard InChI is InChI=1S/C19H23N3O3S/c1-11(17(23)13-6-9-15(24-2)16(10-13)25-3)26-19-21-20-18(12-4-5-12)22(19)14-7-8-14/h6,9-12,14H,4-5,7-8H2,1-3H3/t11-/m1/s1. The van der Waals surface area contributed by atoms with Crippen LogP contribution in [0.3, 0.4) is 0 Å². The Kier molecular flexibility index (Phi) is 4.65. The van der Waals surface area contributed by atoms with Crippen LogP contribution in [0.4, 0.5) is 0 Å². The molecule has 0 saturated heterocycles. The lowest BCUT2D eigenvalue weighted by Crippen LogP contribution is -2.15. The number of carbonyl (C=O) groups excluding carboxylic acids is 1. The number of aromatic nitrogens is 3. The van der Waals surface area contributed by atoms with Crippen LogP contribution in [0.2, 0.25) is 0 Å². The van der Waals surface area contributed by atoms with Crippen molar-refractivity contribution in [2.75, 3.05) is 14.2 Å². The summed E-state index contributed by atoms with van der Waals surface area (Å²) in [6.45, 7) is 1.92. The van der Waals surface area contributed by atoms with Crippen molar-refractivity contribution in [3.63, 3.8) is 0 Å². The van der Waals surface area contributed by atoms with Crippen LogP contribution in [0.1, 0.15) is 60.7 Å². The van der Waals surface area contributed by atoms with E-state index in [9.17, 15) is 4.79 Å². The van der Waals surface area contributed by atoms with E-state index in [2.05, 4.69) is 14.8 Å². The molecule has 138 valence electrons. The van der Waals surface area contributed by atoms with Crippen molar-refractivity contribution >= 4 is 17.5 Å². The first kappa shape index (κ1) is 17.4. The Morgan fingerprint density at radius 1 is 1.15 bits per heavy atom. The third kappa shape index (κ3) is 3.32. The zero-order chi connectivity index (χ0) is 18.3. The Bertz CT molecular complexity index is 827. The Hall–Kier alpha value is -2.02. The fraction of sp³-hybridized carbons (Fsp3) is 0.526. The second kappa shape index (κ2) is 6.95. The zero-order valence-corrected chi connectivity index (χ0v) is 16.1. The van der Waals surface area contributed by atoms with Crippen molar-refractivity contribution in [1.29, 1.82) is 0 Å². The fourth-order valence-corrected chi connectivity index (χ4v) is 4.10. The van der Waals surface area contributed by atoms with Gasteiger partial charge in [0.25, 0.3) is 0 Å². The topological polar surface area (TPSA) is 66.2 Å². The van der Waals surface area contributed by atoms with Gasteiger partial charge in [-0.15, -0.1) is 10.2 Å². The maximum atomic E-state index is 12.9. The van der Waals surface area contributed by atoms with Gasteiger partial charge in [-0.05, 0) is 50.8 Å². The molecule has 2 aliphatic rings. The van der Waals surface area contributed by atoms with Crippen molar-refractivity contribution in [3.05, 3.63) is 29.6 Å². The minimum atomic E-state index is -0.248. The minimum Gasteiger partial charge on any atom is -0.493 e. The largest absolute Gasteiger partial charge is 0.493 e. The summed E-state index contributed by atoms with van der Waals surface area (Å²) in [5.41, 5.74) is 0.613. The van der Waals surface area contributed by atoms with E-state index >= 15 is 0 Å². The Labute approximate surface area is 157 Å². The van der Waals surface area contributed by atoms with E-state index in [-0.39, 0.29) is 11.0 Å². The molecule has 6 nitrogen and oxygen atoms in total. The molecule has 7 heteroatoms. The molecular formula is C19H23N3O3S. The van der Waals surface area contributed by atoms with Gasteiger partial charge in [-0.3, -0.25) is 4.79 Å². The van der Waals surface area contributed by atoms with Crippen LogP contribution in [0, 0.1) is 0 Å². The molecule has 0 aliphatic heterocycles. The first-order valence-electron chi connectivity index (χ1n) is 9.00. The third-order valence-electron chi connectivity index (χ3n) is 4.86. The van der Waals surface area contributed by atoms with Crippen LogP contribution >= 0.6 is 11.8 Å². The van der Waals surface area contributed by atoms with Crippen molar-refractivity contribution in [1.82, 2.24) is 14.8 Å². The summed E-state index contributed by atoms with van der Waals surface area (Å²) in [6.07, 6.45) is 4.78. The molecule has 0 unspecified atom stereocenters. The summed E-state index contributed by atoms with van der Waals surface area (Å²) in [4.78, 5) is 12.9. The highest BCUT2D eigenvalue weighted by Crippen LogP contribution is 2.46. The molecule has 4 rings (SSSR count). The molecule has 0 N–H and O–H groups in total. The van der Waals surface area contributed by atoms with E-state index in [1.807, 2.05) is 6.92 Å². The predicted octanol–water partition coefficient (Wildman–Crippen LogP) is 3.87. The highest BCUT2D eigenvalue weighted by atomic mass is 32.2. The van der Waals surface area contributed by atoms with Crippen LogP contribution in [0.15, 0.2) is 23.4 Å². The average Bonchev–Trinajstić information content (AvgIpc) is 3.59. The van der Waals surface area contributed by atoms with E-state index in [4.69, 9.17) is 9.47 Å². The number of thioether (sulfide) groups is 1. The van der Waals surface area contributed by atoms with Gasteiger partial charge >= 0.3 is 0 Å². The normalized spacial score (nSPS) is 17.8. The molecule has 0 bridgehead atoms. The predicted molar refractivity (Wildman–Crippen MR) is 99.5 cm³/mol. The second-order valence-electron chi connectivity index (χ2n) is 6.91. The molecular weight excluding hydrogens is 350 g/mol. The van der Waals surface area contributed by atoms with E-state index in [0.717, 1.165) is 11.0 Å². The number of methoxy groups -OCH3 is 2. The van der Waals surface area contributed by atoms with Gasteiger partial charge in [0.2, 0.25) is 0 Å². The number of rotatable bonds is 8. The summed E-state index contributed by atoms with van der Waals surface area (Å²) < 4.78 is 12.8. The number of nitrogens with zero attached hydrogens (tertiary/aromatic N) is 3. The maximum Gasteiger partial charge on any atom is 0.192 e. The van der Waals surface area contributed by atoms with Crippen LogP contribution in [0.25, 0.3) is 0 Å². The number of hydrogen-bond donors (Lipinski definition) is 0. The molecule has 1 aromatic carbocycles. The lowest BCUT2D eigenvalue weighted by molar-refractivity contribution is 0.0993. The van der Waals surface area contributed by atoms with Crippen molar-refractivity contribution in [2.45, 2.75) is 55.0 Å². The fourth-order valence-electron chi connectivity index (χ4n) is 3.10. The SMILES string of the molecule is COc1ccc(C(=O)[C@@H](C)Sc2nnc(C3CC3)n2C2CC2)cc1OC. The Balaban J connectivity index is 1.53. The van der Waals surface area contributed by atoms with Gasteiger partial charge in [0.15, 0.2) is 22.4 Å². The molecule has 0 spiro atoms. The van der Waals surface area contributed by atoms with E-state index in [1.54, 1.807) is 32.4 Å². The van der Waals surface area contributed by atoms with Gasteiger partial charge in [-0.2, -0.15) is 0 Å². The van der Waals surface area contributed by atoms with Crippen molar-refractivity contribution in [3.8, 4) is 11.5 Å². The monoisotopic (exact) mass is 373 g/mol. The maximum absolute atomic E-state index is 12.9. The molecule has 26 heavy (non-hydrogen) atoms. The van der Waals surface area contributed by atoms with E-state index in [0.29, 0.717) is 29.0 Å². The number of ketones is 1. The quantitative estimate of drug-likeness (QED) is 0.517. The number of carbonyl (C=O) groups is 1. The number of hydrogen-bond acceptors (Lipinski definition) is 6. The lowest BCUT2D eigenvalue weighted by atomic mass is 10.1. The van der Waals surface area contributed by atoms with Crippen LogP contribution in [0.5, 0.6) is 11.5 Å². The van der Waals surface area contributed by atoms with Crippen LogP contribution in [-0.2, 0) is 0 Å². The minimum absolute atomic E-state index is 0.0503. The van der Waals surface area contributed by atoms with Crippen molar-refractivity contribution < 1.29 is 14.3 Å². The highest BCUT2D eigenvalue weighted by molar-refractivity contribution is 8.00. The smallest absolute Gasteiger partial charge is 0.192 e. The van der Waals surface area contributed by atoms with Gasteiger partial charge in [0.05, 0.1) is 19.5 Å². The number of Topliss-reactive ketones (excluding diaryl/α,β-unsaturated/α-hetero) is 1. The first-order chi connectivity index (χ1) is 12.6. The summed E-state index contributed by atoms with van der Waals surface area (Å²) in [6, 6.07) is 5.80. The van der Waals surface area contributed by atoms with E-state index < -0.39 is 0 Å². The molecule has 2 aromatic rings. The average molecular weight is 373 g/mol. The molecule has 2 aliphatic carbocycles. The van der Waals surface area contributed by atoms with Gasteiger partial charge in [-0.1, -0.05) is 11.8 Å². The molecule has 1 heterocycles. The van der Waals surface area contributed by atoms with Crippen LogP contribution in [-0.4, -0.2) is 40.0 Å². The molecule has 0 radical (unpaired) electrons. The molecule has 0 amide bonds. The molecule has 1 aromatic heterocycles. The zero-order valence-electron chi connectivity index (χ0n) is 15.3. The number of ether oxygens (including phenoxy) is 2. The summed E-state index contributed by atoms with van der Waals surface area (Å²) in [7, 11) is 3.15. The van der Waals surface area contributed by atoms with Gasteiger partial charge in [-0.25, -0.2) is 0 Å². The summed E-state index contributed by atoms with van der Waals surface area (Å²) >= 11 is 1.50. The second-order valence-corrected chi connectivity index (χ2v) is 8.22. The Morgan fingerprint density at radius 3 is 2.50 bits per heavy atom. The Morgan fingerprint density at radius 2 is 1.88 bits per heavy atom. The summed E-state index contributed by atoms with van der Waals surface area (Å²) in [5.74, 6) is 2.91. The first-order valence-corrected chi connectivity index (χ1v) is 9.88. The van der Waals surface area contributed by atoms with Crippen molar-refractivity contribution in [2.24, 2.45) is 0 Å². The van der Waals surface area contributed by atoms with Gasteiger partial charge in [0, 0.05) is 17.5 Å². The number of benzene rings is 1. The van der Waals surface area contributed by atoms with Gasteiger partial charge in [0.1, 0.15) is 5.82 Å².